The molecule has 0 aliphatic carbocycles. The fourth-order valence-corrected chi connectivity index (χ4v) is 7.09. The van der Waals surface area contributed by atoms with Crippen LogP contribution in [0.25, 0.3) is 0 Å². The first-order valence-electron chi connectivity index (χ1n) is 9.73. The van der Waals surface area contributed by atoms with E-state index in [1.807, 2.05) is 6.07 Å². The van der Waals surface area contributed by atoms with Gasteiger partial charge in [-0.25, -0.2) is 13.2 Å². The predicted molar refractivity (Wildman–Crippen MR) is 112 cm³/mol. The van der Waals surface area contributed by atoms with Crippen LogP contribution in [0.2, 0.25) is 5.02 Å². The SMILES string of the molecule is O=C(Nc1ccc(Cl)cc1)N1C[C@H]2C[C@H]3[C@](C1)(CN(Cc1cccnc1)S3(=O)=O)O2. The maximum atomic E-state index is 13.2. The number of rotatable bonds is 3. The molecule has 2 amide bonds. The van der Waals surface area contributed by atoms with Crippen molar-refractivity contribution in [3.63, 3.8) is 0 Å². The van der Waals surface area contributed by atoms with Crippen LogP contribution in [0.4, 0.5) is 10.5 Å². The summed E-state index contributed by atoms with van der Waals surface area (Å²) in [6.45, 7) is 1.09. The average molecular weight is 449 g/mol. The van der Waals surface area contributed by atoms with Crippen molar-refractivity contribution in [1.82, 2.24) is 14.2 Å². The van der Waals surface area contributed by atoms with E-state index in [0.717, 1.165) is 5.56 Å². The zero-order valence-electron chi connectivity index (χ0n) is 16.1. The topological polar surface area (TPSA) is 91.8 Å². The Morgan fingerprint density at radius 1 is 1.27 bits per heavy atom. The number of ether oxygens (including phenoxy) is 1. The molecule has 3 aliphatic heterocycles. The number of urea groups is 1. The molecule has 2 bridgehead atoms. The number of halogens is 1. The number of nitrogens with one attached hydrogen (secondary N) is 1. The molecule has 3 aliphatic rings. The maximum Gasteiger partial charge on any atom is 0.322 e. The second-order valence-electron chi connectivity index (χ2n) is 8.02. The van der Waals surface area contributed by atoms with Crippen molar-refractivity contribution in [2.45, 2.75) is 29.9 Å². The van der Waals surface area contributed by atoms with Gasteiger partial charge in [-0.3, -0.25) is 4.98 Å². The maximum absolute atomic E-state index is 13.2. The minimum absolute atomic E-state index is 0.232. The Kier molecular flexibility index (Phi) is 4.73. The molecule has 2 aromatic rings. The monoisotopic (exact) mass is 448 g/mol. The molecule has 0 saturated carbocycles. The van der Waals surface area contributed by atoms with Gasteiger partial charge >= 0.3 is 6.03 Å². The van der Waals surface area contributed by atoms with E-state index >= 15 is 0 Å². The Bertz CT molecular complexity index is 1070. The Morgan fingerprint density at radius 2 is 2.07 bits per heavy atom. The molecule has 10 heteroatoms. The molecule has 3 fully saturated rings. The number of anilines is 1. The summed E-state index contributed by atoms with van der Waals surface area (Å²) < 4.78 is 34.1. The van der Waals surface area contributed by atoms with Gasteiger partial charge in [0.05, 0.1) is 12.6 Å². The van der Waals surface area contributed by atoms with Gasteiger partial charge < -0.3 is 15.0 Å². The van der Waals surface area contributed by atoms with Crippen LogP contribution in [0.3, 0.4) is 0 Å². The summed E-state index contributed by atoms with van der Waals surface area (Å²) in [6.07, 6.45) is 3.44. The molecule has 30 heavy (non-hydrogen) atoms. The van der Waals surface area contributed by atoms with Crippen molar-refractivity contribution in [1.29, 1.82) is 0 Å². The molecule has 0 unspecified atom stereocenters. The quantitative estimate of drug-likeness (QED) is 0.778. The molecule has 1 aromatic heterocycles. The van der Waals surface area contributed by atoms with Gasteiger partial charge in [-0.2, -0.15) is 4.31 Å². The predicted octanol–water partition coefficient (Wildman–Crippen LogP) is 2.32. The minimum atomic E-state index is -3.53. The summed E-state index contributed by atoms with van der Waals surface area (Å²) in [4.78, 5) is 18.6. The van der Waals surface area contributed by atoms with Crippen LogP contribution >= 0.6 is 11.6 Å². The highest BCUT2D eigenvalue weighted by Gasteiger charge is 2.65. The number of hydrogen-bond acceptors (Lipinski definition) is 5. The van der Waals surface area contributed by atoms with E-state index in [9.17, 15) is 13.2 Å². The first kappa shape index (κ1) is 19.7. The zero-order valence-corrected chi connectivity index (χ0v) is 17.6. The fourth-order valence-electron chi connectivity index (χ4n) is 4.68. The number of pyridine rings is 1. The van der Waals surface area contributed by atoms with Crippen molar-refractivity contribution in [2.24, 2.45) is 0 Å². The number of hydrogen-bond donors (Lipinski definition) is 1. The number of carbonyl (C=O) groups excluding carboxylic acids is 1. The van der Waals surface area contributed by atoms with E-state index in [-0.39, 0.29) is 31.8 Å². The second kappa shape index (κ2) is 7.19. The standard InChI is InChI=1S/C20H21ClN4O4S/c21-15-3-5-16(6-4-15)23-19(26)24-11-17-8-18-20(12-24,29-17)13-25(30(18,27)28)10-14-2-1-7-22-9-14/h1-7,9,17-18H,8,10-13H2,(H,23,26)/t17-,18+,20+/m1/s1. The lowest BCUT2D eigenvalue weighted by Crippen LogP contribution is -2.57. The Labute approximate surface area is 179 Å². The highest BCUT2D eigenvalue weighted by atomic mass is 35.5. The van der Waals surface area contributed by atoms with E-state index in [0.29, 0.717) is 23.7 Å². The van der Waals surface area contributed by atoms with Crippen molar-refractivity contribution >= 4 is 33.3 Å². The molecule has 0 radical (unpaired) electrons. The molecule has 158 valence electrons. The average Bonchev–Trinajstić information content (AvgIpc) is 3.09. The number of sulfonamides is 1. The van der Waals surface area contributed by atoms with Crippen LogP contribution in [0.15, 0.2) is 48.8 Å². The Morgan fingerprint density at radius 3 is 2.80 bits per heavy atom. The largest absolute Gasteiger partial charge is 0.365 e. The van der Waals surface area contributed by atoms with Crippen molar-refractivity contribution in [2.75, 3.05) is 25.0 Å². The lowest BCUT2D eigenvalue weighted by molar-refractivity contribution is -0.0946. The Hall–Kier alpha value is -2.20. The van der Waals surface area contributed by atoms with Gasteiger partial charge in [0.2, 0.25) is 10.0 Å². The number of morpholine rings is 1. The van der Waals surface area contributed by atoms with Crippen molar-refractivity contribution in [3.05, 3.63) is 59.4 Å². The molecule has 1 N–H and O–H groups in total. The van der Waals surface area contributed by atoms with Gasteiger partial charge in [0.1, 0.15) is 10.9 Å². The highest BCUT2D eigenvalue weighted by Crippen LogP contribution is 2.47. The summed E-state index contributed by atoms with van der Waals surface area (Å²) in [5.41, 5.74) is 0.554. The Balaban J connectivity index is 1.35. The minimum Gasteiger partial charge on any atom is -0.365 e. The summed E-state index contributed by atoms with van der Waals surface area (Å²) in [5, 5.41) is 2.81. The van der Waals surface area contributed by atoms with Crippen molar-refractivity contribution < 1.29 is 17.9 Å². The van der Waals surface area contributed by atoms with Gasteiger partial charge in [0.15, 0.2) is 0 Å². The lowest BCUT2D eigenvalue weighted by atomic mass is 9.99. The van der Waals surface area contributed by atoms with Crippen molar-refractivity contribution in [3.8, 4) is 0 Å². The van der Waals surface area contributed by atoms with E-state index < -0.39 is 20.9 Å². The summed E-state index contributed by atoms with van der Waals surface area (Å²) in [6, 6.07) is 10.2. The fraction of sp³-hybridized carbons (Fsp3) is 0.400. The third-order valence-electron chi connectivity index (χ3n) is 5.98. The number of nitrogens with zero attached hydrogens (tertiary/aromatic N) is 3. The van der Waals surface area contributed by atoms with Gasteiger partial charge in [-0.15, -0.1) is 0 Å². The van der Waals surface area contributed by atoms with Gasteiger partial charge in [-0.1, -0.05) is 17.7 Å². The van der Waals surface area contributed by atoms with Crippen LogP contribution in [0.5, 0.6) is 0 Å². The number of benzene rings is 1. The van der Waals surface area contributed by atoms with E-state index in [1.165, 1.54) is 4.31 Å². The summed E-state index contributed by atoms with van der Waals surface area (Å²) in [7, 11) is -3.53. The molecule has 8 nitrogen and oxygen atoms in total. The molecule has 4 heterocycles. The van der Waals surface area contributed by atoms with Gasteiger partial charge in [-0.05, 0) is 42.3 Å². The van der Waals surface area contributed by atoms with Crippen LogP contribution in [0.1, 0.15) is 12.0 Å². The first-order chi connectivity index (χ1) is 14.4. The first-order valence-corrected chi connectivity index (χ1v) is 11.6. The normalized spacial score (nSPS) is 29.6. The number of likely N-dealkylation sites (tertiary alicyclic amines) is 1. The van der Waals surface area contributed by atoms with Gasteiger partial charge in [0, 0.05) is 42.7 Å². The number of fused-ring (bicyclic) bond motifs is 1. The van der Waals surface area contributed by atoms with E-state index in [1.54, 1.807) is 47.6 Å². The second-order valence-corrected chi connectivity index (χ2v) is 10.6. The van der Waals surface area contributed by atoms with Crippen LogP contribution in [-0.2, 0) is 21.3 Å². The molecule has 3 saturated heterocycles. The van der Waals surface area contributed by atoms with E-state index in [4.69, 9.17) is 16.3 Å². The lowest BCUT2D eigenvalue weighted by Gasteiger charge is -2.39. The molecule has 5 rings (SSSR count). The molecular weight excluding hydrogens is 428 g/mol. The number of aromatic nitrogens is 1. The smallest absolute Gasteiger partial charge is 0.322 e. The number of carbonyl (C=O) groups is 1. The number of amides is 2. The summed E-state index contributed by atoms with van der Waals surface area (Å²) >= 11 is 5.90. The van der Waals surface area contributed by atoms with E-state index in [2.05, 4.69) is 10.3 Å². The summed E-state index contributed by atoms with van der Waals surface area (Å²) in [5.74, 6) is 0. The third kappa shape index (κ3) is 3.35. The van der Waals surface area contributed by atoms with Crippen LogP contribution in [0, 0.1) is 0 Å². The van der Waals surface area contributed by atoms with Crippen LogP contribution in [-0.4, -0.2) is 65.2 Å². The molecular formula is C20H21ClN4O4S. The highest BCUT2D eigenvalue weighted by molar-refractivity contribution is 7.90. The third-order valence-corrected chi connectivity index (χ3v) is 8.55. The zero-order chi connectivity index (χ0) is 20.9. The van der Waals surface area contributed by atoms with Gasteiger partial charge in [0.25, 0.3) is 0 Å². The molecule has 1 spiro atoms. The van der Waals surface area contributed by atoms with Crippen LogP contribution < -0.4 is 5.32 Å². The molecule has 1 aromatic carbocycles. The molecule has 3 atom stereocenters.